The average molecular weight is 470 g/mol. The van der Waals surface area contributed by atoms with Gasteiger partial charge in [-0.05, 0) is 29.8 Å². The molecule has 2 aromatic carbocycles. The Morgan fingerprint density at radius 2 is 1.91 bits per heavy atom. The zero-order chi connectivity index (χ0) is 24.6. The van der Waals surface area contributed by atoms with Crippen molar-refractivity contribution < 1.29 is 33.3 Å². The molecule has 1 aliphatic rings. The smallest absolute Gasteiger partial charge is 0.341 e. The zero-order valence-electron chi connectivity index (χ0n) is 18.6. The van der Waals surface area contributed by atoms with Crippen molar-refractivity contribution in [3.05, 3.63) is 77.1 Å². The largest absolute Gasteiger partial charge is 0.459 e. The number of hydrogen-bond donors (Lipinski definition) is 3. The second kappa shape index (κ2) is 9.00. The Morgan fingerprint density at radius 1 is 1.18 bits per heavy atom. The minimum absolute atomic E-state index is 0.0258. The number of rotatable bonds is 5. The first-order valence-electron chi connectivity index (χ1n) is 10.7. The number of carbonyl (C=O) groups is 2. The van der Waals surface area contributed by atoms with E-state index in [9.17, 15) is 23.5 Å². The maximum absolute atomic E-state index is 13.8. The van der Waals surface area contributed by atoms with E-state index in [1.54, 1.807) is 0 Å². The van der Waals surface area contributed by atoms with Crippen LogP contribution < -0.4 is 0 Å². The van der Waals surface area contributed by atoms with Crippen LogP contribution in [0.15, 0.2) is 48.7 Å². The lowest BCUT2D eigenvalue weighted by Crippen LogP contribution is -2.37. The second-order valence-corrected chi connectivity index (χ2v) is 8.84. The summed E-state index contributed by atoms with van der Waals surface area (Å²) >= 11 is 0. The van der Waals surface area contributed by atoms with Crippen molar-refractivity contribution >= 4 is 28.4 Å². The first-order valence-corrected chi connectivity index (χ1v) is 10.7. The number of para-hydroxylation sites is 1. The third kappa shape index (κ3) is 4.32. The van der Waals surface area contributed by atoms with E-state index in [-0.39, 0.29) is 17.7 Å². The number of carbonyl (C=O) groups excluding carboxylic acids is 2. The van der Waals surface area contributed by atoms with Gasteiger partial charge >= 0.3 is 5.97 Å². The van der Waals surface area contributed by atoms with Crippen LogP contribution in [0, 0.1) is 11.6 Å². The van der Waals surface area contributed by atoms with Crippen molar-refractivity contribution in [3.63, 3.8) is 0 Å². The van der Waals surface area contributed by atoms with E-state index >= 15 is 0 Å². The SMILES string of the molecule is CC1(C)CN(C(=O)c2ccc(F)c(F)c2)C=C(C(=O)OCC(O)CO)c2[nH]c3ccccc3c21. The van der Waals surface area contributed by atoms with Crippen molar-refractivity contribution in [2.45, 2.75) is 25.4 Å². The van der Waals surface area contributed by atoms with Crippen LogP contribution >= 0.6 is 0 Å². The summed E-state index contributed by atoms with van der Waals surface area (Å²) in [5, 5.41) is 19.5. The van der Waals surface area contributed by atoms with E-state index in [1.807, 2.05) is 38.1 Å². The molecule has 0 radical (unpaired) electrons. The van der Waals surface area contributed by atoms with E-state index in [4.69, 9.17) is 9.84 Å². The van der Waals surface area contributed by atoms with Crippen LogP contribution in [0.5, 0.6) is 0 Å². The van der Waals surface area contributed by atoms with Gasteiger partial charge in [-0.25, -0.2) is 13.6 Å². The summed E-state index contributed by atoms with van der Waals surface area (Å²) < 4.78 is 32.4. The Bertz CT molecular complexity index is 1300. The van der Waals surface area contributed by atoms with Crippen molar-refractivity contribution in [2.24, 2.45) is 0 Å². The Morgan fingerprint density at radius 3 is 2.62 bits per heavy atom. The number of fused-ring (bicyclic) bond motifs is 3. The number of benzene rings is 2. The summed E-state index contributed by atoms with van der Waals surface area (Å²) in [6.07, 6.45) is 0.0640. The number of nitrogens with zero attached hydrogens (tertiary/aromatic N) is 1. The fraction of sp³-hybridized carbons (Fsp3) is 0.280. The van der Waals surface area contributed by atoms with Crippen LogP contribution in [0.3, 0.4) is 0 Å². The normalized spacial score (nSPS) is 15.9. The molecule has 178 valence electrons. The van der Waals surface area contributed by atoms with E-state index in [1.165, 1.54) is 17.2 Å². The molecule has 3 N–H and O–H groups in total. The number of nitrogens with one attached hydrogen (secondary N) is 1. The minimum atomic E-state index is -1.26. The monoisotopic (exact) mass is 470 g/mol. The van der Waals surface area contributed by atoms with Gasteiger partial charge in [0.25, 0.3) is 5.91 Å². The molecule has 0 saturated heterocycles. The lowest BCUT2D eigenvalue weighted by atomic mass is 9.81. The number of ether oxygens (including phenoxy) is 1. The van der Waals surface area contributed by atoms with Gasteiger partial charge in [0.2, 0.25) is 0 Å². The number of aliphatic hydroxyl groups excluding tert-OH is 2. The predicted molar refractivity (Wildman–Crippen MR) is 121 cm³/mol. The molecule has 0 saturated carbocycles. The summed E-state index contributed by atoms with van der Waals surface area (Å²) in [6.45, 7) is 2.93. The fourth-order valence-electron chi connectivity index (χ4n) is 4.20. The molecule has 1 atom stereocenters. The number of hydrogen-bond acceptors (Lipinski definition) is 5. The molecule has 0 fully saturated rings. The van der Waals surface area contributed by atoms with E-state index in [2.05, 4.69) is 4.98 Å². The molecule has 1 unspecified atom stereocenters. The van der Waals surface area contributed by atoms with Gasteiger partial charge < -0.3 is 24.8 Å². The Hall–Kier alpha value is -3.56. The zero-order valence-corrected chi connectivity index (χ0v) is 18.6. The van der Waals surface area contributed by atoms with Crippen LogP contribution in [0.4, 0.5) is 8.78 Å². The molecule has 7 nitrogen and oxygen atoms in total. The molecule has 4 rings (SSSR count). The summed E-state index contributed by atoms with van der Waals surface area (Å²) in [4.78, 5) is 30.9. The summed E-state index contributed by atoms with van der Waals surface area (Å²) in [7, 11) is 0. The van der Waals surface area contributed by atoms with Gasteiger partial charge in [-0.3, -0.25) is 4.79 Å². The van der Waals surface area contributed by atoms with Crippen molar-refractivity contribution in [2.75, 3.05) is 19.8 Å². The Balaban J connectivity index is 1.83. The van der Waals surface area contributed by atoms with Gasteiger partial charge in [0.05, 0.1) is 17.9 Å². The summed E-state index contributed by atoms with van der Waals surface area (Å²) in [5.74, 6) is -3.67. The highest BCUT2D eigenvalue weighted by atomic mass is 19.2. The molecular formula is C25H24F2N2O5. The highest BCUT2D eigenvalue weighted by molar-refractivity contribution is 6.18. The van der Waals surface area contributed by atoms with E-state index in [0.717, 1.165) is 28.6 Å². The molecule has 3 aromatic rings. The van der Waals surface area contributed by atoms with Crippen molar-refractivity contribution in [3.8, 4) is 0 Å². The van der Waals surface area contributed by atoms with Crippen LogP contribution in [0.1, 0.15) is 35.5 Å². The quantitative estimate of drug-likeness (QED) is 0.498. The molecule has 1 aromatic heterocycles. The van der Waals surface area contributed by atoms with Crippen LogP contribution in [-0.2, 0) is 14.9 Å². The van der Waals surface area contributed by atoms with Gasteiger partial charge in [-0.1, -0.05) is 32.0 Å². The summed E-state index contributed by atoms with van der Waals surface area (Å²) in [5.41, 5.74) is 1.31. The van der Waals surface area contributed by atoms with E-state index < -0.39 is 48.2 Å². The molecule has 0 aliphatic carbocycles. The number of aromatic amines is 1. The lowest BCUT2D eigenvalue weighted by Gasteiger charge is -2.29. The highest BCUT2D eigenvalue weighted by Gasteiger charge is 2.37. The molecule has 0 bridgehead atoms. The van der Waals surface area contributed by atoms with Crippen LogP contribution in [-0.4, -0.2) is 57.8 Å². The van der Waals surface area contributed by atoms with Crippen LogP contribution in [0.2, 0.25) is 0 Å². The van der Waals surface area contributed by atoms with Gasteiger partial charge in [0.1, 0.15) is 12.7 Å². The van der Waals surface area contributed by atoms with E-state index in [0.29, 0.717) is 5.69 Å². The molecular weight excluding hydrogens is 446 g/mol. The maximum Gasteiger partial charge on any atom is 0.341 e. The molecule has 1 aliphatic heterocycles. The van der Waals surface area contributed by atoms with Crippen molar-refractivity contribution in [1.29, 1.82) is 0 Å². The van der Waals surface area contributed by atoms with Gasteiger partial charge in [0, 0.05) is 34.6 Å². The molecule has 2 heterocycles. The standard InChI is InChI=1S/C25H24F2N2O5/c1-25(2)13-29(23(32)14-7-8-18(26)19(27)9-14)10-17(24(33)34-12-15(31)11-30)22-21(25)16-5-3-4-6-20(16)28-22/h3-10,15,28,30-31H,11-13H2,1-2H3. The first-order chi connectivity index (χ1) is 16.1. The first kappa shape index (κ1) is 23.6. The summed E-state index contributed by atoms with van der Waals surface area (Å²) in [6, 6.07) is 10.3. The third-order valence-electron chi connectivity index (χ3n) is 5.77. The maximum atomic E-state index is 13.8. The van der Waals surface area contributed by atoms with Gasteiger partial charge in [-0.2, -0.15) is 0 Å². The topological polar surface area (TPSA) is 103 Å². The predicted octanol–water partition coefficient (Wildman–Crippen LogP) is 3.12. The number of halogens is 2. The van der Waals surface area contributed by atoms with Crippen LogP contribution in [0.25, 0.3) is 16.5 Å². The number of H-pyrrole nitrogens is 1. The molecule has 0 spiro atoms. The number of aromatic nitrogens is 1. The highest BCUT2D eigenvalue weighted by Crippen LogP contribution is 2.40. The van der Waals surface area contributed by atoms with Gasteiger partial charge in [-0.15, -0.1) is 0 Å². The number of esters is 1. The second-order valence-electron chi connectivity index (χ2n) is 8.84. The Labute approximate surface area is 194 Å². The van der Waals surface area contributed by atoms with Gasteiger partial charge in [0.15, 0.2) is 11.6 Å². The number of aliphatic hydroxyl groups is 2. The molecule has 9 heteroatoms. The van der Waals surface area contributed by atoms with Crippen molar-refractivity contribution in [1.82, 2.24) is 9.88 Å². The number of amides is 1. The average Bonchev–Trinajstić information content (AvgIpc) is 3.16. The molecule has 1 amide bonds. The third-order valence-corrected chi connectivity index (χ3v) is 5.77. The minimum Gasteiger partial charge on any atom is -0.459 e. The molecule has 34 heavy (non-hydrogen) atoms. The fourth-order valence-corrected chi connectivity index (χ4v) is 4.20. The lowest BCUT2D eigenvalue weighted by molar-refractivity contribution is -0.140. The Kier molecular flexibility index (Phi) is 6.24.